The van der Waals surface area contributed by atoms with Gasteiger partial charge < -0.3 is 4.90 Å². The van der Waals surface area contributed by atoms with Gasteiger partial charge >= 0.3 is 0 Å². The number of aromatic nitrogens is 2. The minimum Gasteiger partial charge on any atom is -0.307 e. The van der Waals surface area contributed by atoms with E-state index >= 15 is 0 Å². The number of aldehydes is 1. The summed E-state index contributed by atoms with van der Waals surface area (Å²) in [4.78, 5) is 21.4. The number of carbonyl (C=O) groups is 1. The van der Waals surface area contributed by atoms with Crippen LogP contribution in [0.5, 0.6) is 0 Å². The monoisotopic (exact) mass is 253 g/mol. The zero-order valence-electron chi connectivity index (χ0n) is 10.8. The lowest BCUT2D eigenvalue weighted by atomic mass is 9.97. The third-order valence-electron chi connectivity index (χ3n) is 3.53. The SMILES string of the molecule is CC1CCc2ccccc2N1c1ncc(C=O)cn1. The lowest BCUT2D eigenvalue weighted by molar-refractivity contribution is 0.112. The molecule has 4 heteroatoms. The number of para-hydroxylation sites is 1. The Morgan fingerprint density at radius 1 is 1.26 bits per heavy atom. The Bertz CT molecular complexity index is 595. The number of hydrogen-bond acceptors (Lipinski definition) is 4. The van der Waals surface area contributed by atoms with Gasteiger partial charge in [-0.3, -0.25) is 4.79 Å². The van der Waals surface area contributed by atoms with Gasteiger partial charge in [-0.25, -0.2) is 9.97 Å². The number of benzene rings is 1. The maximum Gasteiger partial charge on any atom is 0.230 e. The molecule has 1 aromatic heterocycles. The number of nitrogens with zero attached hydrogens (tertiary/aromatic N) is 3. The summed E-state index contributed by atoms with van der Waals surface area (Å²) < 4.78 is 0. The van der Waals surface area contributed by atoms with Gasteiger partial charge in [-0.15, -0.1) is 0 Å². The predicted molar refractivity (Wildman–Crippen MR) is 73.8 cm³/mol. The molecule has 3 rings (SSSR count). The van der Waals surface area contributed by atoms with Crippen LogP contribution in [0.1, 0.15) is 29.3 Å². The van der Waals surface area contributed by atoms with Gasteiger partial charge in [-0.1, -0.05) is 18.2 Å². The van der Waals surface area contributed by atoms with Crippen molar-refractivity contribution >= 4 is 17.9 Å². The fraction of sp³-hybridized carbons (Fsp3) is 0.267. The van der Waals surface area contributed by atoms with E-state index in [4.69, 9.17) is 0 Å². The van der Waals surface area contributed by atoms with Gasteiger partial charge in [0.05, 0.1) is 5.56 Å². The molecular formula is C15H15N3O. The Hall–Kier alpha value is -2.23. The molecule has 1 aliphatic heterocycles. The molecule has 1 unspecified atom stereocenters. The second kappa shape index (κ2) is 4.80. The van der Waals surface area contributed by atoms with Gasteiger partial charge in [0.1, 0.15) is 0 Å². The average Bonchev–Trinajstić information content (AvgIpc) is 2.47. The van der Waals surface area contributed by atoms with Crippen molar-refractivity contribution in [2.45, 2.75) is 25.8 Å². The predicted octanol–water partition coefficient (Wildman–Crippen LogP) is 2.76. The fourth-order valence-electron chi connectivity index (χ4n) is 2.51. The number of hydrogen-bond donors (Lipinski definition) is 0. The van der Waals surface area contributed by atoms with Crippen LogP contribution in [-0.2, 0) is 6.42 Å². The van der Waals surface area contributed by atoms with Crippen molar-refractivity contribution in [2.75, 3.05) is 4.90 Å². The van der Waals surface area contributed by atoms with E-state index < -0.39 is 0 Å². The first-order chi connectivity index (χ1) is 9.29. The van der Waals surface area contributed by atoms with Crippen LogP contribution >= 0.6 is 0 Å². The minimum absolute atomic E-state index is 0.358. The molecule has 96 valence electrons. The van der Waals surface area contributed by atoms with Crippen molar-refractivity contribution in [1.82, 2.24) is 9.97 Å². The summed E-state index contributed by atoms with van der Waals surface area (Å²) in [5, 5.41) is 0. The molecule has 2 heterocycles. The Morgan fingerprint density at radius 3 is 2.74 bits per heavy atom. The van der Waals surface area contributed by atoms with E-state index in [9.17, 15) is 4.79 Å². The van der Waals surface area contributed by atoms with Gasteiger partial charge in [0.15, 0.2) is 6.29 Å². The summed E-state index contributed by atoms with van der Waals surface area (Å²) in [6.45, 7) is 2.17. The van der Waals surface area contributed by atoms with E-state index in [1.54, 1.807) is 12.4 Å². The highest BCUT2D eigenvalue weighted by Gasteiger charge is 2.25. The molecular weight excluding hydrogens is 238 g/mol. The maximum absolute atomic E-state index is 10.7. The van der Waals surface area contributed by atoms with Crippen LogP contribution in [0.2, 0.25) is 0 Å². The van der Waals surface area contributed by atoms with Crippen molar-refractivity contribution in [3.63, 3.8) is 0 Å². The van der Waals surface area contributed by atoms with Gasteiger partial charge in [0, 0.05) is 24.1 Å². The zero-order valence-corrected chi connectivity index (χ0v) is 10.8. The second-order valence-corrected chi connectivity index (χ2v) is 4.82. The third kappa shape index (κ3) is 2.10. The topological polar surface area (TPSA) is 46.1 Å². The Balaban J connectivity index is 2.05. The van der Waals surface area contributed by atoms with Crippen LogP contribution in [-0.4, -0.2) is 22.3 Å². The molecule has 0 saturated carbocycles. The summed E-state index contributed by atoms with van der Waals surface area (Å²) in [5.41, 5.74) is 2.99. The van der Waals surface area contributed by atoms with Crippen molar-refractivity contribution in [2.24, 2.45) is 0 Å². The van der Waals surface area contributed by atoms with Gasteiger partial charge in [-0.05, 0) is 31.4 Å². The lowest BCUT2D eigenvalue weighted by Gasteiger charge is -2.35. The van der Waals surface area contributed by atoms with Gasteiger partial charge in [0.2, 0.25) is 5.95 Å². The molecule has 1 aromatic carbocycles. The highest BCUT2D eigenvalue weighted by Crippen LogP contribution is 2.34. The van der Waals surface area contributed by atoms with Crippen LogP contribution in [0, 0.1) is 0 Å². The van der Waals surface area contributed by atoms with Crippen molar-refractivity contribution < 1.29 is 4.79 Å². The van der Waals surface area contributed by atoms with Crippen LogP contribution in [0.4, 0.5) is 11.6 Å². The summed E-state index contributed by atoms with van der Waals surface area (Å²) >= 11 is 0. The molecule has 1 aliphatic rings. The Labute approximate surface area is 112 Å². The maximum atomic E-state index is 10.7. The molecule has 0 radical (unpaired) electrons. The highest BCUT2D eigenvalue weighted by molar-refractivity contribution is 5.74. The largest absolute Gasteiger partial charge is 0.307 e. The first-order valence-electron chi connectivity index (χ1n) is 6.44. The van der Waals surface area contributed by atoms with Gasteiger partial charge in [-0.2, -0.15) is 0 Å². The molecule has 0 N–H and O–H groups in total. The van der Waals surface area contributed by atoms with E-state index in [0.717, 1.165) is 19.1 Å². The number of anilines is 2. The quantitative estimate of drug-likeness (QED) is 0.772. The molecule has 2 aromatic rings. The minimum atomic E-state index is 0.358. The van der Waals surface area contributed by atoms with E-state index in [1.807, 2.05) is 6.07 Å². The Morgan fingerprint density at radius 2 is 2.00 bits per heavy atom. The fourth-order valence-corrected chi connectivity index (χ4v) is 2.51. The standard InChI is InChI=1S/C15H15N3O/c1-11-6-7-13-4-2-3-5-14(13)18(11)15-16-8-12(10-19)9-17-15/h2-5,8-11H,6-7H2,1H3. The summed E-state index contributed by atoms with van der Waals surface area (Å²) in [7, 11) is 0. The number of rotatable bonds is 2. The zero-order chi connectivity index (χ0) is 13.2. The van der Waals surface area contributed by atoms with Crippen LogP contribution < -0.4 is 4.90 Å². The lowest BCUT2D eigenvalue weighted by Crippen LogP contribution is -2.34. The average molecular weight is 253 g/mol. The third-order valence-corrected chi connectivity index (χ3v) is 3.53. The smallest absolute Gasteiger partial charge is 0.230 e. The van der Waals surface area contributed by atoms with E-state index in [-0.39, 0.29) is 0 Å². The molecule has 0 spiro atoms. The first-order valence-corrected chi connectivity index (χ1v) is 6.44. The molecule has 0 aliphatic carbocycles. The van der Waals surface area contributed by atoms with Gasteiger partial charge in [0.25, 0.3) is 0 Å². The highest BCUT2D eigenvalue weighted by atomic mass is 16.1. The summed E-state index contributed by atoms with van der Waals surface area (Å²) in [6, 6.07) is 8.69. The Kier molecular flexibility index (Phi) is 2.99. The molecule has 0 amide bonds. The number of fused-ring (bicyclic) bond motifs is 1. The van der Waals surface area contributed by atoms with E-state index in [2.05, 4.69) is 40.0 Å². The molecule has 1 atom stereocenters. The molecule has 0 fully saturated rings. The first kappa shape index (κ1) is 11.8. The van der Waals surface area contributed by atoms with E-state index in [0.29, 0.717) is 17.6 Å². The summed E-state index contributed by atoms with van der Waals surface area (Å²) in [6.07, 6.45) is 6.06. The van der Waals surface area contributed by atoms with Crippen LogP contribution in [0.3, 0.4) is 0 Å². The molecule has 19 heavy (non-hydrogen) atoms. The summed E-state index contributed by atoms with van der Waals surface area (Å²) in [5.74, 6) is 0.658. The van der Waals surface area contributed by atoms with Crippen molar-refractivity contribution in [1.29, 1.82) is 0 Å². The number of carbonyl (C=O) groups excluding carboxylic acids is 1. The second-order valence-electron chi connectivity index (χ2n) is 4.82. The van der Waals surface area contributed by atoms with Crippen molar-refractivity contribution in [3.8, 4) is 0 Å². The molecule has 0 saturated heterocycles. The van der Waals surface area contributed by atoms with Crippen LogP contribution in [0.25, 0.3) is 0 Å². The van der Waals surface area contributed by atoms with Crippen LogP contribution in [0.15, 0.2) is 36.7 Å². The van der Waals surface area contributed by atoms with Crippen molar-refractivity contribution in [3.05, 3.63) is 47.8 Å². The molecule has 0 bridgehead atoms. The van der Waals surface area contributed by atoms with E-state index in [1.165, 1.54) is 11.3 Å². The molecule has 4 nitrogen and oxygen atoms in total. The normalized spacial score (nSPS) is 17.9. The number of aryl methyl sites for hydroxylation is 1.